The number of hydrogen-bond acceptors (Lipinski definition) is 3. The second-order valence-corrected chi connectivity index (χ2v) is 8.64. The average Bonchev–Trinajstić information content (AvgIpc) is 3.32. The molecule has 0 amide bonds. The lowest BCUT2D eigenvalue weighted by Gasteiger charge is -2.37. The Hall–Kier alpha value is -3.66. The topological polar surface area (TPSA) is 44.1 Å². The van der Waals surface area contributed by atoms with Crippen LogP contribution in [-0.2, 0) is 20.5 Å². The maximum Gasteiger partial charge on any atom is 0.302 e. The fourth-order valence-corrected chi connectivity index (χ4v) is 4.20. The van der Waals surface area contributed by atoms with Crippen LogP contribution in [0.5, 0.6) is 0 Å². The van der Waals surface area contributed by atoms with Crippen LogP contribution in [0.4, 0.5) is 0 Å². The van der Waals surface area contributed by atoms with Gasteiger partial charge in [0.2, 0.25) is 0 Å². The van der Waals surface area contributed by atoms with Crippen molar-refractivity contribution < 1.29 is 9.53 Å². The van der Waals surface area contributed by atoms with Gasteiger partial charge >= 0.3 is 5.97 Å². The summed E-state index contributed by atoms with van der Waals surface area (Å²) < 4.78 is 7.50. The van der Waals surface area contributed by atoms with Gasteiger partial charge in [0.15, 0.2) is 0 Å². The SMILES string of the molecule is CC(=O)OCC(C)(C)c1cn(C(c2ccccc2)(c2ccccc2)c2ccccc2)cn1. The number of ether oxygens (including phenoxy) is 1. The zero-order valence-electron chi connectivity index (χ0n) is 18.7. The van der Waals surface area contributed by atoms with Crippen molar-refractivity contribution in [2.45, 2.75) is 31.7 Å². The van der Waals surface area contributed by atoms with E-state index in [1.165, 1.54) is 6.92 Å². The first kappa shape index (κ1) is 21.6. The van der Waals surface area contributed by atoms with Crippen LogP contribution in [0.3, 0.4) is 0 Å². The molecule has 0 saturated carbocycles. The minimum absolute atomic E-state index is 0.272. The Morgan fingerprint density at radius 3 is 1.66 bits per heavy atom. The number of imidazole rings is 1. The smallest absolute Gasteiger partial charge is 0.302 e. The Bertz CT molecular complexity index is 1070. The Labute approximate surface area is 189 Å². The largest absolute Gasteiger partial charge is 0.465 e. The first-order valence-electron chi connectivity index (χ1n) is 10.8. The van der Waals surface area contributed by atoms with Gasteiger partial charge in [-0.2, -0.15) is 0 Å². The normalized spacial score (nSPS) is 11.8. The lowest BCUT2D eigenvalue weighted by Crippen LogP contribution is -2.37. The maximum absolute atomic E-state index is 11.4. The van der Waals surface area contributed by atoms with E-state index in [-0.39, 0.29) is 12.6 Å². The van der Waals surface area contributed by atoms with Crippen molar-refractivity contribution in [3.63, 3.8) is 0 Å². The molecule has 32 heavy (non-hydrogen) atoms. The molecule has 0 aliphatic heterocycles. The molecule has 3 aromatic carbocycles. The number of benzene rings is 3. The molecule has 4 aromatic rings. The average molecular weight is 425 g/mol. The van der Waals surface area contributed by atoms with Crippen LogP contribution >= 0.6 is 0 Å². The number of aromatic nitrogens is 2. The summed E-state index contributed by atoms with van der Waals surface area (Å²) in [6.45, 7) is 5.78. The molecule has 162 valence electrons. The van der Waals surface area contributed by atoms with E-state index in [4.69, 9.17) is 9.72 Å². The predicted molar refractivity (Wildman–Crippen MR) is 126 cm³/mol. The monoisotopic (exact) mass is 424 g/mol. The second kappa shape index (κ2) is 8.83. The van der Waals surface area contributed by atoms with E-state index in [2.05, 4.69) is 83.6 Å². The molecule has 4 rings (SSSR count). The standard InChI is InChI=1S/C28H28N2O2/c1-22(31)32-20-27(2,3)26-19-30(21-29-26)28(23-13-7-4-8-14-23,24-15-9-5-10-16-24)25-17-11-6-12-18-25/h4-19,21H,20H2,1-3H3. The zero-order chi connectivity index (χ0) is 22.6. The van der Waals surface area contributed by atoms with Gasteiger partial charge in [-0.1, -0.05) is 105 Å². The van der Waals surface area contributed by atoms with Gasteiger partial charge in [0.25, 0.3) is 0 Å². The van der Waals surface area contributed by atoms with Crippen molar-refractivity contribution in [1.82, 2.24) is 9.55 Å². The highest BCUT2D eigenvalue weighted by Crippen LogP contribution is 2.41. The van der Waals surface area contributed by atoms with Crippen molar-refractivity contribution in [2.75, 3.05) is 6.61 Å². The van der Waals surface area contributed by atoms with E-state index in [1.807, 2.05) is 38.4 Å². The highest BCUT2D eigenvalue weighted by molar-refractivity contribution is 5.66. The Morgan fingerprint density at radius 2 is 1.25 bits per heavy atom. The minimum Gasteiger partial charge on any atom is -0.465 e. The van der Waals surface area contributed by atoms with E-state index in [0.717, 1.165) is 22.4 Å². The molecule has 0 atom stereocenters. The quantitative estimate of drug-likeness (QED) is 0.288. The first-order valence-corrected chi connectivity index (χ1v) is 10.8. The number of esters is 1. The number of hydrogen-bond donors (Lipinski definition) is 0. The third kappa shape index (κ3) is 3.96. The number of carbonyl (C=O) groups excluding carboxylic acids is 1. The van der Waals surface area contributed by atoms with Crippen LogP contribution in [0.25, 0.3) is 0 Å². The molecule has 4 heteroatoms. The molecule has 0 unspecified atom stereocenters. The van der Waals surface area contributed by atoms with Crippen molar-refractivity contribution in [1.29, 1.82) is 0 Å². The number of rotatable bonds is 7. The molecule has 1 aromatic heterocycles. The third-order valence-electron chi connectivity index (χ3n) is 5.87. The summed E-state index contributed by atoms with van der Waals surface area (Å²) in [7, 11) is 0. The summed E-state index contributed by atoms with van der Waals surface area (Å²) in [6, 6.07) is 31.4. The van der Waals surface area contributed by atoms with Gasteiger partial charge in [0.05, 0.1) is 12.0 Å². The molecule has 1 heterocycles. The molecule has 0 N–H and O–H groups in total. The fourth-order valence-electron chi connectivity index (χ4n) is 4.20. The van der Waals surface area contributed by atoms with E-state index >= 15 is 0 Å². The highest BCUT2D eigenvalue weighted by atomic mass is 16.5. The second-order valence-electron chi connectivity index (χ2n) is 8.64. The van der Waals surface area contributed by atoms with Crippen molar-refractivity contribution in [3.8, 4) is 0 Å². The highest BCUT2D eigenvalue weighted by Gasteiger charge is 2.39. The summed E-state index contributed by atoms with van der Waals surface area (Å²) >= 11 is 0. The van der Waals surface area contributed by atoms with Crippen molar-refractivity contribution in [2.24, 2.45) is 0 Å². The molecular weight excluding hydrogens is 396 g/mol. The predicted octanol–water partition coefficient (Wildman–Crippen LogP) is 5.56. The summed E-state index contributed by atoms with van der Waals surface area (Å²) in [5.74, 6) is -0.287. The van der Waals surface area contributed by atoms with Gasteiger partial charge in [0.1, 0.15) is 12.1 Å². The Morgan fingerprint density at radius 1 is 0.812 bits per heavy atom. The van der Waals surface area contributed by atoms with Crippen molar-refractivity contribution >= 4 is 5.97 Å². The van der Waals surface area contributed by atoms with Gasteiger partial charge in [-0.15, -0.1) is 0 Å². The summed E-state index contributed by atoms with van der Waals surface area (Å²) in [4.78, 5) is 16.2. The molecule has 4 nitrogen and oxygen atoms in total. The number of nitrogens with zero attached hydrogens (tertiary/aromatic N) is 2. The molecular formula is C28H28N2O2. The van der Waals surface area contributed by atoms with Crippen LogP contribution in [-0.4, -0.2) is 22.1 Å². The summed E-state index contributed by atoms with van der Waals surface area (Å²) in [5.41, 5.74) is 3.25. The van der Waals surface area contributed by atoms with Gasteiger partial charge < -0.3 is 9.30 Å². The van der Waals surface area contributed by atoms with Gasteiger partial charge in [-0.3, -0.25) is 4.79 Å². The lowest BCUT2D eigenvalue weighted by atomic mass is 9.76. The molecule has 0 saturated heterocycles. The van der Waals surface area contributed by atoms with E-state index in [9.17, 15) is 4.79 Å². The molecule has 0 bridgehead atoms. The zero-order valence-corrected chi connectivity index (χ0v) is 18.7. The Kier molecular flexibility index (Phi) is 5.95. The van der Waals surface area contributed by atoms with Gasteiger partial charge in [0, 0.05) is 18.5 Å². The van der Waals surface area contributed by atoms with Crippen LogP contribution < -0.4 is 0 Å². The maximum atomic E-state index is 11.4. The number of carbonyl (C=O) groups is 1. The molecule has 0 radical (unpaired) electrons. The van der Waals surface area contributed by atoms with Crippen LogP contribution in [0.1, 0.15) is 43.2 Å². The fraction of sp³-hybridized carbons (Fsp3) is 0.214. The van der Waals surface area contributed by atoms with Crippen LogP contribution in [0.2, 0.25) is 0 Å². The van der Waals surface area contributed by atoms with E-state index < -0.39 is 11.0 Å². The third-order valence-corrected chi connectivity index (χ3v) is 5.87. The Balaban J connectivity index is 1.96. The van der Waals surface area contributed by atoms with Gasteiger partial charge in [-0.05, 0) is 16.7 Å². The van der Waals surface area contributed by atoms with Gasteiger partial charge in [-0.25, -0.2) is 4.98 Å². The van der Waals surface area contributed by atoms with Crippen LogP contribution in [0.15, 0.2) is 104 Å². The summed E-state index contributed by atoms with van der Waals surface area (Å²) in [5, 5.41) is 0. The molecule has 0 fully saturated rings. The van der Waals surface area contributed by atoms with Crippen LogP contribution in [0, 0.1) is 0 Å². The minimum atomic E-state index is -0.605. The molecule has 0 aliphatic rings. The van der Waals surface area contributed by atoms with E-state index in [1.54, 1.807) is 0 Å². The molecule has 0 aliphatic carbocycles. The molecule has 0 spiro atoms. The van der Waals surface area contributed by atoms with Crippen molar-refractivity contribution in [3.05, 3.63) is 126 Å². The lowest BCUT2D eigenvalue weighted by molar-refractivity contribution is -0.142. The first-order chi connectivity index (χ1) is 15.4. The van der Waals surface area contributed by atoms with E-state index in [0.29, 0.717) is 0 Å². The summed E-state index contributed by atoms with van der Waals surface area (Å²) in [6.07, 6.45) is 3.97.